The van der Waals surface area contributed by atoms with Crippen molar-refractivity contribution in [2.45, 2.75) is 37.6 Å². The van der Waals surface area contributed by atoms with Crippen molar-refractivity contribution in [1.29, 1.82) is 0 Å². The predicted octanol–water partition coefficient (Wildman–Crippen LogP) is 2.75. The van der Waals surface area contributed by atoms with Crippen LogP contribution in [0.25, 0.3) is 0 Å². The van der Waals surface area contributed by atoms with E-state index in [1.54, 1.807) is 47.1 Å². The van der Waals surface area contributed by atoms with Gasteiger partial charge in [0.2, 0.25) is 10.0 Å². The second kappa shape index (κ2) is 9.28. The van der Waals surface area contributed by atoms with Gasteiger partial charge in [-0.15, -0.1) is 0 Å². The monoisotopic (exact) mass is 420 g/mol. The summed E-state index contributed by atoms with van der Waals surface area (Å²) < 4.78 is 38.0. The summed E-state index contributed by atoms with van der Waals surface area (Å²) in [5.41, 5.74) is 0.652. The minimum Gasteiger partial charge on any atom is -0.493 e. The van der Waals surface area contributed by atoms with Crippen molar-refractivity contribution >= 4 is 15.9 Å². The van der Waals surface area contributed by atoms with E-state index >= 15 is 0 Å². The van der Waals surface area contributed by atoms with Gasteiger partial charge >= 0.3 is 0 Å². The number of amides is 1. The molecule has 0 saturated carbocycles. The molecule has 0 radical (unpaired) electrons. The Labute approximate surface area is 172 Å². The highest BCUT2D eigenvalue weighted by molar-refractivity contribution is 7.89. The summed E-state index contributed by atoms with van der Waals surface area (Å²) in [5, 5.41) is 2.81. The van der Waals surface area contributed by atoms with Crippen LogP contribution in [0.15, 0.2) is 47.4 Å². The Morgan fingerprint density at radius 2 is 1.69 bits per heavy atom. The Morgan fingerprint density at radius 1 is 1.00 bits per heavy atom. The zero-order valence-corrected chi connectivity index (χ0v) is 18.2. The first kappa shape index (κ1) is 22.7. The summed E-state index contributed by atoms with van der Waals surface area (Å²) in [7, 11) is -0.567. The lowest BCUT2D eigenvalue weighted by Crippen LogP contribution is -2.40. The Hall–Kier alpha value is -2.58. The van der Waals surface area contributed by atoms with E-state index in [4.69, 9.17) is 9.47 Å². The highest BCUT2D eigenvalue weighted by Gasteiger charge is 2.22. The number of benzene rings is 2. The average molecular weight is 421 g/mol. The molecule has 0 aliphatic rings. The van der Waals surface area contributed by atoms with Crippen molar-refractivity contribution in [2.75, 3.05) is 20.8 Å². The molecule has 0 aromatic heterocycles. The molecule has 2 aromatic rings. The zero-order chi connectivity index (χ0) is 21.7. The quantitative estimate of drug-likeness (QED) is 0.685. The minimum absolute atomic E-state index is 0.0555. The van der Waals surface area contributed by atoms with Crippen LogP contribution in [0, 0.1) is 0 Å². The molecule has 0 aliphatic carbocycles. The van der Waals surface area contributed by atoms with Crippen LogP contribution in [0.2, 0.25) is 0 Å². The summed E-state index contributed by atoms with van der Waals surface area (Å²) in [6.45, 7) is 5.67. The molecule has 1 amide bonds. The number of carbonyl (C=O) groups excluding carboxylic acids is 1. The van der Waals surface area contributed by atoms with Crippen molar-refractivity contribution in [2.24, 2.45) is 0 Å². The first-order valence-corrected chi connectivity index (χ1v) is 10.7. The summed E-state index contributed by atoms with van der Waals surface area (Å²) in [6, 6.07) is 11.6. The maximum Gasteiger partial charge on any atom is 0.251 e. The van der Waals surface area contributed by atoms with Gasteiger partial charge in [0.25, 0.3) is 5.91 Å². The highest BCUT2D eigenvalue weighted by atomic mass is 32.2. The SMILES string of the molecule is COc1ccc(CCNC(=O)c2cccc(S(=O)(=O)NC(C)(C)C)c2)cc1OC. The molecule has 0 atom stereocenters. The number of methoxy groups -OCH3 is 2. The number of nitrogens with one attached hydrogen (secondary N) is 2. The van der Waals surface area contributed by atoms with E-state index in [0.717, 1.165) is 5.56 Å². The van der Waals surface area contributed by atoms with Gasteiger partial charge in [0, 0.05) is 17.6 Å². The summed E-state index contributed by atoms with van der Waals surface area (Å²) in [4.78, 5) is 12.5. The third kappa shape index (κ3) is 6.47. The van der Waals surface area contributed by atoms with E-state index < -0.39 is 15.6 Å². The molecule has 0 bridgehead atoms. The van der Waals surface area contributed by atoms with E-state index in [9.17, 15) is 13.2 Å². The first-order valence-electron chi connectivity index (χ1n) is 9.19. The van der Waals surface area contributed by atoms with Gasteiger partial charge < -0.3 is 14.8 Å². The van der Waals surface area contributed by atoms with Crippen LogP contribution in [-0.4, -0.2) is 40.6 Å². The molecule has 0 aliphatic heterocycles. The number of hydrogen-bond acceptors (Lipinski definition) is 5. The predicted molar refractivity (Wildman–Crippen MR) is 112 cm³/mol. The average Bonchev–Trinajstić information content (AvgIpc) is 2.66. The summed E-state index contributed by atoms with van der Waals surface area (Å²) >= 11 is 0. The van der Waals surface area contributed by atoms with Crippen LogP contribution < -0.4 is 19.5 Å². The standard InChI is InChI=1S/C21H28N2O5S/c1-21(2,3)23-29(25,26)17-8-6-7-16(14-17)20(24)22-12-11-15-9-10-18(27-4)19(13-15)28-5/h6-10,13-14,23H,11-12H2,1-5H3,(H,22,24). The fraction of sp³-hybridized carbons (Fsp3) is 0.381. The molecule has 0 heterocycles. The van der Waals surface area contributed by atoms with E-state index in [2.05, 4.69) is 10.0 Å². The molecule has 29 heavy (non-hydrogen) atoms. The first-order chi connectivity index (χ1) is 13.6. The van der Waals surface area contributed by atoms with Gasteiger partial charge in [-0.1, -0.05) is 12.1 Å². The lowest BCUT2D eigenvalue weighted by atomic mass is 10.1. The molecule has 158 valence electrons. The van der Waals surface area contributed by atoms with Gasteiger partial charge in [-0.2, -0.15) is 0 Å². The van der Waals surface area contributed by atoms with Crippen molar-refractivity contribution < 1.29 is 22.7 Å². The van der Waals surface area contributed by atoms with Crippen LogP contribution in [-0.2, 0) is 16.4 Å². The lowest BCUT2D eigenvalue weighted by Gasteiger charge is -2.20. The van der Waals surface area contributed by atoms with Crippen molar-refractivity contribution in [1.82, 2.24) is 10.0 Å². The van der Waals surface area contributed by atoms with E-state index in [0.29, 0.717) is 24.5 Å². The number of rotatable bonds is 8. The van der Waals surface area contributed by atoms with Crippen LogP contribution in [0.3, 0.4) is 0 Å². The molecular formula is C21H28N2O5S. The molecule has 2 aromatic carbocycles. The van der Waals surface area contributed by atoms with E-state index in [-0.39, 0.29) is 16.4 Å². The second-order valence-corrected chi connectivity index (χ2v) is 9.26. The molecule has 2 rings (SSSR count). The van der Waals surface area contributed by atoms with Crippen molar-refractivity contribution in [3.63, 3.8) is 0 Å². The topological polar surface area (TPSA) is 93.7 Å². The molecule has 0 saturated heterocycles. The van der Waals surface area contributed by atoms with Crippen molar-refractivity contribution in [3.8, 4) is 11.5 Å². The number of ether oxygens (including phenoxy) is 2. The van der Waals surface area contributed by atoms with Gasteiger partial charge in [0.15, 0.2) is 11.5 Å². The summed E-state index contributed by atoms with van der Waals surface area (Å²) in [6.07, 6.45) is 0.593. The summed E-state index contributed by atoms with van der Waals surface area (Å²) in [5.74, 6) is 0.932. The number of hydrogen-bond donors (Lipinski definition) is 2. The van der Waals surface area contributed by atoms with Gasteiger partial charge in [-0.3, -0.25) is 4.79 Å². The maximum atomic E-state index is 12.5. The number of carbonyl (C=O) groups is 1. The normalized spacial score (nSPS) is 11.8. The molecular weight excluding hydrogens is 392 g/mol. The van der Waals surface area contributed by atoms with E-state index in [1.165, 1.54) is 12.1 Å². The van der Waals surface area contributed by atoms with Gasteiger partial charge in [0.05, 0.1) is 19.1 Å². The van der Waals surface area contributed by atoms with Crippen LogP contribution in [0.1, 0.15) is 36.7 Å². The van der Waals surface area contributed by atoms with Gasteiger partial charge in [0.1, 0.15) is 0 Å². The zero-order valence-electron chi connectivity index (χ0n) is 17.4. The fourth-order valence-electron chi connectivity index (χ4n) is 2.73. The third-order valence-electron chi connectivity index (χ3n) is 3.99. The van der Waals surface area contributed by atoms with E-state index in [1.807, 2.05) is 18.2 Å². The van der Waals surface area contributed by atoms with Crippen LogP contribution in [0.4, 0.5) is 0 Å². The Morgan fingerprint density at radius 3 is 2.31 bits per heavy atom. The maximum absolute atomic E-state index is 12.5. The molecule has 2 N–H and O–H groups in total. The largest absolute Gasteiger partial charge is 0.493 e. The fourth-order valence-corrected chi connectivity index (χ4v) is 4.19. The van der Waals surface area contributed by atoms with Gasteiger partial charge in [-0.25, -0.2) is 13.1 Å². The number of sulfonamides is 1. The van der Waals surface area contributed by atoms with Crippen molar-refractivity contribution in [3.05, 3.63) is 53.6 Å². The van der Waals surface area contributed by atoms with Crippen LogP contribution in [0.5, 0.6) is 11.5 Å². The minimum atomic E-state index is -3.71. The molecule has 0 unspecified atom stereocenters. The van der Waals surface area contributed by atoms with Crippen LogP contribution >= 0.6 is 0 Å². The Balaban J connectivity index is 2.03. The highest BCUT2D eigenvalue weighted by Crippen LogP contribution is 2.27. The van der Waals surface area contributed by atoms with Gasteiger partial charge in [-0.05, 0) is 63.1 Å². The Kier molecular flexibility index (Phi) is 7.26. The third-order valence-corrected chi connectivity index (χ3v) is 5.75. The smallest absolute Gasteiger partial charge is 0.251 e. The molecule has 0 fully saturated rings. The molecule has 0 spiro atoms. The molecule has 8 heteroatoms. The lowest BCUT2D eigenvalue weighted by molar-refractivity contribution is 0.0954. The molecule has 7 nitrogen and oxygen atoms in total. The Bertz CT molecular complexity index is 965. The second-order valence-electron chi connectivity index (χ2n) is 7.58.